The van der Waals surface area contributed by atoms with Crippen LogP contribution < -0.4 is 5.32 Å². The van der Waals surface area contributed by atoms with Crippen LogP contribution in [0.1, 0.15) is 52.9 Å². The van der Waals surface area contributed by atoms with Gasteiger partial charge in [0.15, 0.2) is 5.17 Å². The molecule has 0 aromatic rings. The Kier molecular flexibility index (Phi) is 5.40. The van der Waals surface area contributed by atoms with Crippen LogP contribution in [0, 0.1) is 17.8 Å². The summed E-state index contributed by atoms with van der Waals surface area (Å²) in [6.45, 7) is 9.11. The maximum Gasteiger partial charge on any atom is 0.156 e. The fourth-order valence-electron chi connectivity index (χ4n) is 3.04. The zero-order chi connectivity index (χ0) is 13.0. The van der Waals surface area contributed by atoms with Gasteiger partial charge in [-0.1, -0.05) is 51.8 Å². The third-order valence-corrected chi connectivity index (χ3v) is 5.79. The number of nitrogens with one attached hydrogen (secondary N) is 1. The van der Waals surface area contributed by atoms with E-state index in [2.05, 4.69) is 31.1 Å². The predicted molar refractivity (Wildman–Crippen MR) is 82.3 cm³/mol. The first-order chi connectivity index (χ1) is 8.65. The predicted octanol–water partition coefficient (Wildman–Crippen LogP) is 3.92. The van der Waals surface area contributed by atoms with E-state index < -0.39 is 0 Å². The summed E-state index contributed by atoms with van der Waals surface area (Å²) < 4.78 is 0. The van der Waals surface area contributed by atoms with Crippen LogP contribution in [0.2, 0.25) is 0 Å². The van der Waals surface area contributed by atoms with E-state index in [1.807, 2.05) is 11.8 Å². The van der Waals surface area contributed by atoms with Crippen LogP contribution in [-0.2, 0) is 0 Å². The Bertz CT molecular complexity index is 288. The van der Waals surface area contributed by atoms with Gasteiger partial charge in [-0.25, -0.2) is 0 Å². The van der Waals surface area contributed by atoms with Crippen molar-refractivity contribution in [2.24, 2.45) is 22.7 Å². The quantitative estimate of drug-likeness (QED) is 0.835. The van der Waals surface area contributed by atoms with Gasteiger partial charge in [0.25, 0.3) is 0 Å². The Morgan fingerprint density at radius 1 is 1.39 bits per heavy atom. The molecule has 2 nitrogen and oxygen atoms in total. The molecule has 1 aliphatic heterocycles. The van der Waals surface area contributed by atoms with Gasteiger partial charge in [0.05, 0.1) is 6.54 Å². The molecule has 2 aliphatic rings. The molecule has 0 aromatic carbocycles. The molecule has 2 rings (SSSR count). The SMILES string of the molecule is CC1CCCC(CCNC2=NCC(C(C)C)S2)C1. The fourth-order valence-corrected chi connectivity index (χ4v) is 4.08. The van der Waals surface area contributed by atoms with Gasteiger partial charge in [-0.3, -0.25) is 4.99 Å². The van der Waals surface area contributed by atoms with Gasteiger partial charge in [-0.15, -0.1) is 0 Å². The minimum Gasteiger partial charge on any atom is -0.365 e. The average Bonchev–Trinajstić information content (AvgIpc) is 2.78. The van der Waals surface area contributed by atoms with Crippen LogP contribution in [0.3, 0.4) is 0 Å². The van der Waals surface area contributed by atoms with E-state index in [0.29, 0.717) is 5.25 Å². The van der Waals surface area contributed by atoms with Crippen molar-refractivity contribution in [3.8, 4) is 0 Å². The highest BCUT2D eigenvalue weighted by molar-refractivity contribution is 8.14. The monoisotopic (exact) mass is 268 g/mol. The van der Waals surface area contributed by atoms with Crippen molar-refractivity contribution in [3.63, 3.8) is 0 Å². The molecule has 1 heterocycles. The lowest BCUT2D eigenvalue weighted by Crippen LogP contribution is -2.25. The number of thioether (sulfide) groups is 1. The molecule has 0 aromatic heterocycles. The van der Waals surface area contributed by atoms with Crippen LogP contribution >= 0.6 is 11.8 Å². The third kappa shape index (κ3) is 4.18. The maximum absolute atomic E-state index is 4.60. The number of rotatable bonds is 4. The van der Waals surface area contributed by atoms with E-state index in [1.54, 1.807) is 0 Å². The summed E-state index contributed by atoms with van der Waals surface area (Å²) in [6.07, 6.45) is 7.10. The van der Waals surface area contributed by atoms with E-state index in [1.165, 1.54) is 37.3 Å². The summed E-state index contributed by atoms with van der Waals surface area (Å²) in [5.74, 6) is 2.64. The molecule has 0 radical (unpaired) electrons. The van der Waals surface area contributed by atoms with Crippen LogP contribution in [0.15, 0.2) is 4.99 Å². The van der Waals surface area contributed by atoms with Crippen LogP contribution in [-0.4, -0.2) is 23.5 Å². The molecule has 104 valence electrons. The smallest absolute Gasteiger partial charge is 0.156 e. The standard InChI is InChI=1S/C15H28N2S/c1-11(2)14-10-17-15(18-14)16-8-7-13-6-4-5-12(3)9-13/h11-14H,4-10H2,1-3H3,(H,16,17). The minimum absolute atomic E-state index is 0.696. The molecule has 1 N–H and O–H groups in total. The summed E-state index contributed by atoms with van der Waals surface area (Å²) >= 11 is 1.94. The summed E-state index contributed by atoms with van der Waals surface area (Å²) in [5.41, 5.74) is 0. The molecule has 3 atom stereocenters. The number of hydrogen-bond acceptors (Lipinski definition) is 3. The molecule has 0 amide bonds. The first-order valence-electron chi connectivity index (χ1n) is 7.60. The average molecular weight is 268 g/mol. The Balaban J connectivity index is 1.61. The van der Waals surface area contributed by atoms with Crippen molar-refractivity contribution >= 4 is 16.9 Å². The van der Waals surface area contributed by atoms with Gasteiger partial charge >= 0.3 is 0 Å². The number of hydrogen-bond donors (Lipinski definition) is 1. The fraction of sp³-hybridized carbons (Fsp3) is 0.933. The lowest BCUT2D eigenvalue weighted by Gasteiger charge is -2.26. The summed E-state index contributed by atoms with van der Waals surface area (Å²) in [6, 6.07) is 0. The number of nitrogens with zero attached hydrogens (tertiary/aromatic N) is 1. The molecular weight excluding hydrogens is 240 g/mol. The van der Waals surface area contributed by atoms with E-state index in [-0.39, 0.29) is 0 Å². The normalized spacial score (nSPS) is 32.7. The van der Waals surface area contributed by atoms with Crippen molar-refractivity contribution in [1.82, 2.24) is 5.32 Å². The second kappa shape index (κ2) is 6.83. The van der Waals surface area contributed by atoms with Gasteiger partial charge in [0.2, 0.25) is 0 Å². The molecule has 0 spiro atoms. The van der Waals surface area contributed by atoms with E-state index in [0.717, 1.165) is 30.8 Å². The van der Waals surface area contributed by atoms with Gasteiger partial charge in [0.1, 0.15) is 0 Å². The van der Waals surface area contributed by atoms with Gasteiger partial charge < -0.3 is 5.32 Å². The summed E-state index contributed by atoms with van der Waals surface area (Å²) in [4.78, 5) is 4.60. The first kappa shape index (κ1) is 14.2. The van der Waals surface area contributed by atoms with Crippen LogP contribution in [0.25, 0.3) is 0 Å². The molecule has 1 aliphatic carbocycles. The Labute approximate surface area is 116 Å². The number of aliphatic imine (C=N–C) groups is 1. The molecule has 0 bridgehead atoms. The van der Waals surface area contributed by atoms with Gasteiger partial charge in [-0.05, 0) is 30.6 Å². The zero-order valence-electron chi connectivity index (χ0n) is 12.1. The number of amidine groups is 1. The summed E-state index contributed by atoms with van der Waals surface area (Å²) in [5, 5.41) is 5.43. The zero-order valence-corrected chi connectivity index (χ0v) is 12.9. The van der Waals surface area contributed by atoms with Gasteiger partial charge in [-0.2, -0.15) is 0 Å². The van der Waals surface area contributed by atoms with Crippen molar-refractivity contribution < 1.29 is 0 Å². The second-order valence-corrected chi connectivity index (χ2v) is 7.63. The highest BCUT2D eigenvalue weighted by atomic mass is 32.2. The summed E-state index contributed by atoms with van der Waals surface area (Å²) in [7, 11) is 0. The van der Waals surface area contributed by atoms with Crippen molar-refractivity contribution in [2.75, 3.05) is 13.1 Å². The Hall–Kier alpha value is -0.180. The Morgan fingerprint density at radius 3 is 2.89 bits per heavy atom. The van der Waals surface area contributed by atoms with Crippen LogP contribution in [0.5, 0.6) is 0 Å². The van der Waals surface area contributed by atoms with Crippen molar-refractivity contribution in [2.45, 2.75) is 58.1 Å². The molecule has 1 saturated carbocycles. The minimum atomic E-state index is 0.696. The largest absolute Gasteiger partial charge is 0.365 e. The molecule has 0 saturated heterocycles. The topological polar surface area (TPSA) is 24.4 Å². The first-order valence-corrected chi connectivity index (χ1v) is 8.48. The molecule has 18 heavy (non-hydrogen) atoms. The van der Waals surface area contributed by atoms with E-state index >= 15 is 0 Å². The van der Waals surface area contributed by atoms with Crippen LogP contribution in [0.4, 0.5) is 0 Å². The highest BCUT2D eigenvalue weighted by Gasteiger charge is 2.23. The van der Waals surface area contributed by atoms with E-state index in [9.17, 15) is 0 Å². The van der Waals surface area contributed by atoms with E-state index in [4.69, 9.17) is 0 Å². The maximum atomic E-state index is 4.60. The lowest BCUT2D eigenvalue weighted by molar-refractivity contribution is 0.270. The molecular formula is C15H28N2S. The second-order valence-electron chi connectivity index (χ2n) is 6.40. The molecule has 3 unspecified atom stereocenters. The highest BCUT2D eigenvalue weighted by Crippen LogP contribution is 2.30. The molecule has 3 heteroatoms. The van der Waals surface area contributed by atoms with Crippen molar-refractivity contribution in [3.05, 3.63) is 0 Å². The Morgan fingerprint density at radius 2 is 2.22 bits per heavy atom. The van der Waals surface area contributed by atoms with Gasteiger partial charge in [0, 0.05) is 11.8 Å². The van der Waals surface area contributed by atoms with Crippen molar-refractivity contribution in [1.29, 1.82) is 0 Å². The third-order valence-electron chi connectivity index (χ3n) is 4.30. The lowest BCUT2D eigenvalue weighted by atomic mass is 9.81. The molecule has 1 fully saturated rings.